The van der Waals surface area contributed by atoms with Crippen molar-refractivity contribution in [3.05, 3.63) is 52.4 Å². The van der Waals surface area contributed by atoms with Crippen molar-refractivity contribution in [2.24, 2.45) is 5.92 Å². The number of amides is 1. The third-order valence-corrected chi connectivity index (χ3v) is 9.54. The molecule has 7 nitrogen and oxygen atoms in total. The summed E-state index contributed by atoms with van der Waals surface area (Å²) in [4.78, 5) is 13.3. The van der Waals surface area contributed by atoms with Crippen LogP contribution in [0.1, 0.15) is 29.4 Å². The standard InChI is InChI=1S/C23H24ClN3O4S3/c1-14-9-11-27(12-10-14)34(29,30)17-6-3-15(4-7-17)25-23(32)26-22(28)21-20(24)18-8-5-16(31-2)13-19(18)33-21/h3-8,13-14H,9-12H2,1-2H3,(H2,25,26,28,32). The van der Waals surface area contributed by atoms with Crippen molar-refractivity contribution < 1.29 is 17.9 Å². The molecule has 0 aliphatic carbocycles. The van der Waals surface area contributed by atoms with E-state index >= 15 is 0 Å². The summed E-state index contributed by atoms with van der Waals surface area (Å²) < 4.78 is 33.3. The summed E-state index contributed by atoms with van der Waals surface area (Å²) in [7, 11) is -1.95. The maximum absolute atomic E-state index is 12.9. The van der Waals surface area contributed by atoms with Gasteiger partial charge in [-0.05, 0) is 73.4 Å². The van der Waals surface area contributed by atoms with Crippen LogP contribution in [0.25, 0.3) is 10.1 Å². The maximum atomic E-state index is 12.9. The van der Waals surface area contributed by atoms with E-state index < -0.39 is 15.9 Å². The highest BCUT2D eigenvalue weighted by Gasteiger charge is 2.28. The molecule has 11 heteroatoms. The fourth-order valence-corrected chi connectivity index (χ4v) is 6.85. The highest BCUT2D eigenvalue weighted by Crippen LogP contribution is 2.37. The first-order valence-corrected chi connectivity index (χ1v) is 13.7. The van der Waals surface area contributed by atoms with Crippen molar-refractivity contribution in [3.63, 3.8) is 0 Å². The van der Waals surface area contributed by atoms with Gasteiger partial charge in [-0.25, -0.2) is 8.42 Å². The van der Waals surface area contributed by atoms with E-state index in [1.807, 2.05) is 6.07 Å². The summed E-state index contributed by atoms with van der Waals surface area (Å²) in [5.74, 6) is 0.788. The van der Waals surface area contributed by atoms with Gasteiger partial charge in [0.05, 0.1) is 17.0 Å². The molecular formula is C23H24ClN3O4S3. The smallest absolute Gasteiger partial charge is 0.269 e. The summed E-state index contributed by atoms with van der Waals surface area (Å²) in [6.45, 7) is 3.21. The molecule has 1 aromatic heterocycles. The molecular weight excluding hydrogens is 514 g/mol. The van der Waals surface area contributed by atoms with Crippen LogP contribution in [0.2, 0.25) is 5.02 Å². The van der Waals surface area contributed by atoms with Gasteiger partial charge in [0.25, 0.3) is 5.91 Å². The Kier molecular flexibility index (Phi) is 7.44. The van der Waals surface area contributed by atoms with Gasteiger partial charge in [-0.2, -0.15) is 4.31 Å². The predicted molar refractivity (Wildman–Crippen MR) is 141 cm³/mol. The van der Waals surface area contributed by atoms with Crippen LogP contribution in [0.5, 0.6) is 5.75 Å². The number of halogens is 1. The van der Waals surface area contributed by atoms with Gasteiger partial charge in [0.2, 0.25) is 10.0 Å². The molecule has 0 saturated carbocycles. The Morgan fingerprint density at radius 1 is 1.18 bits per heavy atom. The van der Waals surface area contributed by atoms with Crippen molar-refractivity contribution in [1.82, 2.24) is 9.62 Å². The second-order valence-corrected chi connectivity index (χ2v) is 11.9. The number of methoxy groups -OCH3 is 1. The zero-order chi connectivity index (χ0) is 24.5. The molecule has 0 bridgehead atoms. The molecule has 0 radical (unpaired) electrons. The van der Waals surface area contributed by atoms with E-state index in [4.69, 9.17) is 28.6 Å². The number of thiocarbonyl (C=S) groups is 1. The van der Waals surface area contributed by atoms with Gasteiger partial charge < -0.3 is 10.1 Å². The van der Waals surface area contributed by atoms with Gasteiger partial charge in [0.1, 0.15) is 10.6 Å². The lowest BCUT2D eigenvalue weighted by Gasteiger charge is -2.29. The monoisotopic (exact) mass is 537 g/mol. The van der Waals surface area contributed by atoms with Crippen LogP contribution in [-0.4, -0.2) is 43.9 Å². The Bertz CT molecular complexity index is 1330. The van der Waals surface area contributed by atoms with Crippen molar-refractivity contribution in [2.45, 2.75) is 24.7 Å². The minimum absolute atomic E-state index is 0.0803. The number of piperidine rings is 1. The number of carbonyl (C=O) groups excluding carboxylic acids is 1. The molecule has 1 saturated heterocycles. The number of anilines is 1. The van der Waals surface area contributed by atoms with Crippen LogP contribution in [0.4, 0.5) is 5.69 Å². The minimum Gasteiger partial charge on any atom is -0.497 e. The minimum atomic E-state index is -3.53. The number of rotatable bonds is 5. The number of thiophene rings is 1. The number of ether oxygens (including phenoxy) is 1. The van der Waals surface area contributed by atoms with E-state index in [0.717, 1.165) is 22.9 Å². The van der Waals surface area contributed by atoms with Gasteiger partial charge in [0, 0.05) is 28.9 Å². The van der Waals surface area contributed by atoms with E-state index in [9.17, 15) is 13.2 Å². The summed E-state index contributed by atoms with van der Waals surface area (Å²) >= 11 is 12.9. The van der Waals surface area contributed by atoms with Crippen molar-refractivity contribution >= 4 is 72.0 Å². The predicted octanol–water partition coefficient (Wildman–Crippen LogP) is 5.11. The van der Waals surface area contributed by atoms with E-state index in [0.29, 0.717) is 40.3 Å². The molecule has 2 N–H and O–H groups in total. The van der Waals surface area contributed by atoms with Crippen LogP contribution in [0.3, 0.4) is 0 Å². The number of fused-ring (bicyclic) bond motifs is 1. The Balaban J connectivity index is 1.41. The van der Waals surface area contributed by atoms with Gasteiger partial charge in [0.15, 0.2) is 5.11 Å². The van der Waals surface area contributed by atoms with E-state index in [1.54, 1.807) is 31.4 Å². The summed E-state index contributed by atoms with van der Waals surface area (Å²) in [6.07, 6.45) is 1.73. The zero-order valence-corrected chi connectivity index (χ0v) is 21.8. The SMILES string of the molecule is COc1ccc2c(Cl)c(C(=O)NC(=S)Nc3ccc(S(=O)(=O)N4CCC(C)CC4)cc3)sc2c1. The first-order valence-electron chi connectivity index (χ1n) is 10.7. The van der Waals surface area contributed by atoms with Crippen molar-refractivity contribution in [3.8, 4) is 5.75 Å². The number of carbonyl (C=O) groups is 1. The molecule has 1 aliphatic heterocycles. The third kappa shape index (κ3) is 5.21. The normalized spacial score (nSPS) is 15.3. The third-order valence-electron chi connectivity index (χ3n) is 5.76. The lowest BCUT2D eigenvalue weighted by molar-refractivity contribution is 0.0982. The largest absolute Gasteiger partial charge is 0.497 e. The van der Waals surface area contributed by atoms with E-state index in [1.165, 1.54) is 27.8 Å². The van der Waals surface area contributed by atoms with Crippen molar-refractivity contribution in [1.29, 1.82) is 0 Å². The molecule has 0 unspecified atom stereocenters. The van der Waals surface area contributed by atoms with Crippen LogP contribution in [-0.2, 0) is 10.0 Å². The maximum Gasteiger partial charge on any atom is 0.269 e. The highest BCUT2D eigenvalue weighted by molar-refractivity contribution is 7.89. The number of nitrogens with one attached hydrogen (secondary N) is 2. The molecule has 4 rings (SSSR count). The topological polar surface area (TPSA) is 87.7 Å². The molecule has 0 atom stereocenters. The molecule has 1 fully saturated rings. The Morgan fingerprint density at radius 3 is 2.50 bits per heavy atom. The number of hydrogen-bond acceptors (Lipinski definition) is 6. The number of benzene rings is 2. The fourth-order valence-electron chi connectivity index (χ4n) is 3.73. The number of sulfonamides is 1. The molecule has 180 valence electrons. The average Bonchev–Trinajstić information content (AvgIpc) is 3.15. The highest BCUT2D eigenvalue weighted by atomic mass is 35.5. The molecule has 0 spiro atoms. The Hall–Kier alpha value is -2.24. The summed E-state index contributed by atoms with van der Waals surface area (Å²) in [6, 6.07) is 11.7. The quantitative estimate of drug-likeness (QED) is 0.440. The van der Waals surface area contributed by atoms with Crippen LogP contribution < -0.4 is 15.4 Å². The molecule has 1 aliphatic rings. The molecule has 1 amide bonds. The molecule has 2 aromatic carbocycles. The van der Waals surface area contributed by atoms with Crippen LogP contribution >= 0.6 is 35.2 Å². The molecule has 34 heavy (non-hydrogen) atoms. The number of nitrogens with zero attached hydrogens (tertiary/aromatic N) is 1. The lowest BCUT2D eigenvalue weighted by Crippen LogP contribution is -2.37. The first-order chi connectivity index (χ1) is 16.2. The van der Waals surface area contributed by atoms with Crippen molar-refractivity contribution in [2.75, 3.05) is 25.5 Å². The van der Waals surface area contributed by atoms with E-state index in [2.05, 4.69) is 17.6 Å². The molecule has 3 aromatic rings. The second-order valence-electron chi connectivity index (χ2n) is 8.13. The van der Waals surface area contributed by atoms with Gasteiger partial charge in [-0.3, -0.25) is 10.1 Å². The van der Waals surface area contributed by atoms with Gasteiger partial charge in [-0.1, -0.05) is 18.5 Å². The van der Waals surface area contributed by atoms with Crippen LogP contribution in [0.15, 0.2) is 47.4 Å². The average molecular weight is 538 g/mol. The summed E-state index contributed by atoms with van der Waals surface area (Å²) in [5, 5.41) is 6.73. The second kappa shape index (κ2) is 10.2. The van der Waals surface area contributed by atoms with Gasteiger partial charge in [-0.15, -0.1) is 11.3 Å². The molecule has 2 heterocycles. The van der Waals surface area contributed by atoms with E-state index in [-0.39, 0.29) is 10.0 Å². The number of hydrogen-bond donors (Lipinski definition) is 2. The lowest BCUT2D eigenvalue weighted by atomic mass is 10.0. The Morgan fingerprint density at radius 2 is 1.85 bits per heavy atom. The van der Waals surface area contributed by atoms with Gasteiger partial charge >= 0.3 is 0 Å². The first kappa shape index (κ1) is 24.9. The summed E-state index contributed by atoms with van der Waals surface area (Å²) in [5.41, 5.74) is 0.559. The fraction of sp³-hybridized carbons (Fsp3) is 0.304. The zero-order valence-electron chi connectivity index (χ0n) is 18.6. The Labute approximate surface area is 213 Å². The van der Waals surface area contributed by atoms with Crippen LogP contribution in [0, 0.1) is 5.92 Å².